The monoisotopic (exact) mass is 205 g/mol. The van der Waals surface area contributed by atoms with Gasteiger partial charge in [-0.2, -0.15) is 0 Å². The summed E-state index contributed by atoms with van der Waals surface area (Å²) in [7, 11) is 0. The van der Waals surface area contributed by atoms with Crippen LogP contribution in [0.15, 0.2) is 30.6 Å². The highest BCUT2D eigenvalue weighted by atomic mass is 16.1. The quantitative estimate of drug-likeness (QED) is 0.738. The van der Waals surface area contributed by atoms with Crippen molar-refractivity contribution in [3.63, 3.8) is 0 Å². The summed E-state index contributed by atoms with van der Waals surface area (Å²) in [5.74, 6) is -0.0133. The summed E-state index contributed by atoms with van der Waals surface area (Å²) in [6, 6.07) is 3.79. The third kappa shape index (κ3) is 4.93. The molecule has 0 radical (unpaired) electrons. The van der Waals surface area contributed by atoms with Gasteiger partial charge in [-0.3, -0.25) is 9.78 Å². The van der Waals surface area contributed by atoms with E-state index < -0.39 is 0 Å². The molecule has 0 aliphatic rings. The molecule has 0 bridgehead atoms. The van der Waals surface area contributed by atoms with Crippen LogP contribution in [0.5, 0.6) is 0 Å². The van der Waals surface area contributed by atoms with Crippen LogP contribution in [0.25, 0.3) is 6.08 Å². The second-order valence-corrected chi connectivity index (χ2v) is 3.03. The van der Waals surface area contributed by atoms with E-state index in [4.69, 9.17) is 5.73 Å². The van der Waals surface area contributed by atoms with Gasteiger partial charge in [-0.05, 0) is 11.6 Å². The van der Waals surface area contributed by atoms with E-state index in [0.29, 0.717) is 19.5 Å². The van der Waals surface area contributed by atoms with Crippen LogP contribution >= 0.6 is 0 Å². The zero-order valence-corrected chi connectivity index (χ0v) is 8.52. The molecule has 1 aromatic rings. The third-order valence-electron chi connectivity index (χ3n) is 1.76. The molecular weight excluding hydrogens is 190 g/mol. The van der Waals surface area contributed by atoms with E-state index >= 15 is 0 Å². The molecule has 0 spiro atoms. The number of carbonyl (C=O) groups is 1. The number of nitrogens with one attached hydrogen (secondary N) is 1. The van der Waals surface area contributed by atoms with Gasteiger partial charge >= 0.3 is 0 Å². The SMILES string of the molecule is NCCNC(=O)CC=Cc1cccnc1. The van der Waals surface area contributed by atoms with E-state index in [0.717, 1.165) is 5.56 Å². The predicted molar refractivity (Wildman–Crippen MR) is 60.0 cm³/mol. The summed E-state index contributed by atoms with van der Waals surface area (Å²) in [5, 5.41) is 2.69. The molecule has 1 rings (SSSR count). The van der Waals surface area contributed by atoms with Gasteiger partial charge in [-0.25, -0.2) is 0 Å². The van der Waals surface area contributed by atoms with Crippen molar-refractivity contribution in [2.45, 2.75) is 6.42 Å². The second kappa shape index (κ2) is 6.73. The molecule has 80 valence electrons. The van der Waals surface area contributed by atoms with Gasteiger partial charge in [-0.15, -0.1) is 0 Å². The number of carbonyl (C=O) groups excluding carboxylic acids is 1. The number of nitrogens with two attached hydrogens (primary N) is 1. The molecule has 0 fully saturated rings. The molecule has 0 aliphatic carbocycles. The molecule has 15 heavy (non-hydrogen) atoms. The number of amides is 1. The molecule has 4 nitrogen and oxygen atoms in total. The lowest BCUT2D eigenvalue weighted by Crippen LogP contribution is -2.28. The molecular formula is C11H15N3O. The van der Waals surface area contributed by atoms with Gasteiger partial charge in [0.2, 0.25) is 5.91 Å². The first-order valence-electron chi connectivity index (χ1n) is 4.86. The van der Waals surface area contributed by atoms with Crippen molar-refractivity contribution < 1.29 is 4.79 Å². The first kappa shape index (κ1) is 11.4. The van der Waals surface area contributed by atoms with Gasteiger partial charge < -0.3 is 11.1 Å². The minimum atomic E-state index is -0.0133. The van der Waals surface area contributed by atoms with Crippen molar-refractivity contribution in [3.05, 3.63) is 36.2 Å². The van der Waals surface area contributed by atoms with Gasteiger partial charge in [0.05, 0.1) is 0 Å². The molecule has 0 atom stereocenters. The van der Waals surface area contributed by atoms with E-state index in [1.165, 1.54) is 0 Å². The van der Waals surface area contributed by atoms with Crippen LogP contribution in [-0.4, -0.2) is 24.0 Å². The van der Waals surface area contributed by atoms with Crippen LogP contribution in [0, 0.1) is 0 Å². The predicted octanol–water partition coefficient (Wildman–Crippen LogP) is 0.560. The molecule has 1 aromatic heterocycles. The molecule has 0 aromatic carbocycles. The topological polar surface area (TPSA) is 68.0 Å². The Hall–Kier alpha value is -1.68. The van der Waals surface area contributed by atoms with Gasteiger partial charge in [0.15, 0.2) is 0 Å². The van der Waals surface area contributed by atoms with Crippen LogP contribution in [0.2, 0.25) is 0 Å². The Balaban J connectivity index is 2.31. The Kier molecular flexibility index (Phi) is 5.11. The number of aromatic nitrogens is 1. The summed E-state index contributed by atoms with van der Waals surface area (Å²) in [6.07, 6.45) is 7.51. The number of hydrogen-bond acceptors (Lipinski definition) is 3. The standard InChI is InChI=1S/C11H15N3O/c12-6-8-14-11(15)5-1-3-10-4-2-7-13-9-10/h1-4,7,9H,5-6,8,12H2,(H,14,15). The lowest BCUT2D eigenvalue weighted by Gasteiger charge is -1.99. The Labute approximate surface area is 89.2 Å². The highest BCUT2D eigenvalue weighted by Gasteiger charge is 1.94. The van der Waals surface area contributed by atoms with E-state index in [2.05, 4.69) is 10.3 Å². The largest absolute Gasteiger partial charge is 0.355 e. The maximum Gasteiger partial charge on any atom is 0.223 e. The van der Waals surface area contributed by atoms with Crippen LogP contribution in [0.4, 0.5) is 0 Å². The highest BCUT2D eigenvalue weighted by molar-refractivity contribution is 5.78. The molecule has 0 saturated carbocycles. The van der Waals surface area contributed by atoms with E-state index in [1.807, 2.05) is 24.3 Å². The molecule has 4 heteroatoms. The average molecular weight is 205 g/mol. The Bertz CT molecular complexity index is 322. The summed E-state index contributed by atoms with van der Waals surface area (Å²) >= 11 is 0. The summed E-state index contributed by atoms with van der Waals surface area (Å²) in [5.41, 5.74) is 6.25. The van der Waals surface area contributed by atoms with Gasteiger partial charge in [0.25, 0.3) is 0 Å². The van der Waals surface area contributed by atoms with Crippen LogP contribution in [0.3, 0.4) is 0 Å². The number of pyridine rings is 1. The first-order valence-corrected chi connectivity index (χ1v) is 4.86. The third-order valence-corrected chi connectivity index (χ3v) is 1.76. The number of nitrogens with zero attached hydrogens (tertiary/aromatic N) is 1. The van der Waals surface area contributed by atoms with Crippen LogP contribution < -0.4 is 11.1 Å². The highest BCUT2D eigenvalue weighted by Crippen LogP contribution is 1.99. The molecule has 1 amide bonds. The van der Waals surface area contributed by atoms with Crippen molar-refractivity contribution >= 4 is 12.0 Å². The molecule has 0 aliphatic heterocycles. The Morgan fingerprint density at radius 3 is 3.13 bits per heavy atom. The fraction of sp³-hybridized carbons (Fsp3) is 0.273. The van der Waals surface area contributed by atoms with Crippen molar-refractivity contribution in [2.24, 2.45) is 5.73 Å². The van der Waals surface area contributed by atoms with Crippen molar-refractivity contribution in [2.75, 3.05) is 13.1 Å². The van der Waals surface area contributed by atoms with E-state index in [1.54, 1.807) is 12.4 Å². The van der Waals surface area contributed by atoms with Crippen molar-refractivity contribution in [3.8, 4) is 0 Å². The van der Waals surface area contributed by atoms with Gasteiger partial charge in [0.1, 0.15) is 0 Å². The smallest absolute Gasteiger partial charge is 0.223 e. The Morgan fingerprint density at radius 2 is 2.47 bits per heavy atom. The Morgan fingerprint density at radius 1 is 1.60 bits per heavy atom. The molecule has 3 N–H and O–H groups in total. The lowest BCUT2D eigenvalue weighted by molar-refractivity contribution is -0.120. The van der Waals surface area contributed by atoms with Crippen LogP contribution in [-0.2, 0) is 4.79 Å². The maximum atomic E-state index is 11.2. The van der Waals surface area contributed by atoms with Gasteiger partial charge in [-0.1, -0.05) is 18.2 Å². The minimum absolute atomic E-state index is 0.0133. The minimum Gasteiger partial charge on any atom is -0.355 e. The fourth-order valence-electron chi connectivity index (χ4n) is 1.06. The van der Waals surface area contributed by atoms with E-state index in [9.17, 15) is 4.79 Å². The van der Waals surface area contributed by atoms with E-state index in [-0.39, 0.29) is 5.91 Å². The van der Waals surface area contributed by atoms with Gasteiger partial charge in [0, 0.05) is 31.9 Å². The average Bonchev–Trinajstić information content (AvgIpc) is 2.28. The normalized spacial score (nSPS) is 10.5. The molecule has 0 unspecified atom stereocenters. The summed E-state index contributed by atoms with van der Waals surface area (Å²) in [4.78, 5) is 15.1. The second-order valence-electron chi connectivity index (χ2n) is 3.03. The summed E-state index contributed by atoms with van der Waals surface area (Å²) in [6.45, 7) is 0.998. The fourth-order valence-corrected chi connectivity index (χ4v) is 1.06. The van der Waals surface area contributed by atoms with Crippen LogP contribution in [0.1, 0.15) is 12.0 Å². The summed E-state index contributed by atoms with van der Waals surface area (Å²) < 4.78 is 0. The maximum absolute atomic E-state index is 11.2. The zero-order chi connectivity index (χ0) is 10.9. The molecule has 1 heterocycles. The number of rotatable bonds is 5. The lowest BCUT2D eigenvalue weighted by atomic mass is 10.2. The van der Waals surface area contributed by atoms with Crippen molar-refractivity contribution in [1.82, 2.24) is 10.3 Å². The zero-order valence-electron chi connectivity index (χ0n) is 8.52. The molecule has 0 saturated heterocycles. The number of hydrogen-bond donors (Lipinski definition) is 2. The first-order chi connectivity index (χ1) is 7.33. The van der Waals surface area contributed by atoms with Crippen molar-refractivity contribution in [1.29, 1.82) is 0 Å².